The van der Waals surface area contributed by atoms with Gasteiger partial charge in [0, 0.05) is 31.7 Å². The van der Waals surface area contributed by atoms with Gasteiger partial charge in [0.05, 0.1) is 12.5 Å². The second-order valence-corrected chi connectivity index (χ2v) is 6.18. The van der Waals surface area contributed by atoms with Gasteiger partial charge in [-0.1, -0.05) is 12.8 Å². The largest absolute Gasteiger partial charge is 0.390 e. The van der Waals surface area contributed by atoms with E-state index < -0.39 is 12.6 Å². The Morgan fingerprint density at radius 2 is 1.96 bits per heavy atom. The average molecular weight is 449 g/mol. The first-order valence-corrected chi connectivity index (χ1v) is 8.07. The summed E-state index contributed by atoms with van der Waals surface area (Å²) in [6.45, 7) is 2.55. The van der Waals surface area contributed by atoms with E-state index in [0.29, 0.717) is 12.6 Å². The van der Waals surface area contributed by atoms with Gasteiger partial charge in [-0.25, -0.2) is 0 Å². The fourth-order valence-corrected chi connectivity index (χ4v) is 3.77. The second-order valence-electron chi connectivity index (χ2n) is 6.18. The fraction of sp³-hybridized carbons (Fsp3) is 0.933. The molecule has 0 aromatic heterocycles. The molecule has 2 saturated carbocycles. The van der Waals surface area contributed by atoms with Crippen LogP contribution >= 0.6 is 24.0 Å². The molecule has 4 nitrogen and oxygen atoms in total. The van der Waals surface area contributed by atoms with Crippen molar-refractivity contribution in [1.29, 1.82) is 0 Å². The first-order chi connectivity index (χ1) is 10.4. The van der Waals surface area contributed by atoms with Gasteiger partial charge in [-0.15, -0.1) is 24.0 Å². The maximum atomic E-state index is 12.2. The fourth-order valence-electron chi connectivity index (χ4n) is 3.77. The van der Waals surface area contributed by atoms with Crippen LogP contribution in [-0.2, 0) is 4.74 Å². The van der Waals surface area contributed by atoms with Crippen LogP contribution in [0.4, 0.5) is 13.2 Å². The number of halogens is 4. The summed E-state index contributed by atoms with van der Waals surface area (Å²) in [6.07, 6.45) is 0.798. The number of hydrogen-bond donors (Lipinski definition) is 2. The summed E-state index contributed by atoms with van der Waals surface area (Å²) >= 11 is 0. The molecule has 23 heavy (non-hydrogen) atoms. The minimum atomic E-state index is -4.14. The molecule has 2 N–H and O–H groups in total. The SMILES string of the molecule is CCOC1CC(NC(=NC)NCCC(F)(F)F)C12CCCC2.I. The Morgan fingerprint density at radius 1 is 1.30 bits per heavy atom. The number of ether oxygens (including phenoxy) is 1. The summed E-state index contributed by atoms with van der Waals surface area (Å²) in [4.78, 5) is 4.04. The van der Waals surface area contributed by atoms with E-state index in [2.05, 4.69) is 15.6 Å². The Kier molecular flexibility index (Phi) is 7.89. The number of guanidine groups is 1. The smallest absolute Gasteiger partial charge is 0.378 e. The zero-order valence-corrected chi connectivity index (χ0v) is 16.0. The molecule has 0 aromatic carbocycles. The van der Waals surface area contributed by atoms with Crippen LogP contribution in [0, 0.1) is 5.41 Å². The van der Waals surface area contributed by atoms with Crippen molar-refractivity contribution in [3.63, 3.8) is 0 Å². The Hall–Kier alpha value is -0.250. The van der Waals surface area contributed by atoms with Crippen molar-refractivity contribution in [3.05, 3.63) is 0 Å². The lowest BCUT2D eigenvalue weighted by molar-refractivity contribution is -0.133. The summed E-state index contributed by atoms with van der Waals surface area (Å²) in [6, 6.07) is 0.239. The third kappa shape index (κ3) is 5.11. The highest BCUT2D eigenvalue weighted by Crippen LogP contribution is 2.54. The van der Waals surface area contributed by atoms with Crippen LogP contribution < -0.4 is 10.6 Å². The molecule has 2 fully saturated rings. The lowest BCUT2D eigenvalue weighted by Gasteiger charge is -2.54. The summed E-state index contributed by atoms with van der Waals surface area (Å²) in [7, 11) is 1.59. The Morgan fingerprint density at radius 3 is 2.48 bits per heavy atom. The molecular formula is C15H27F3IN3O. The number of alkyl halides is 3. The predicted molar refractivity (Wildman–Crippen MR) is 95.3 cm³/mol. The maximum Gasteiger partial charge on any atom is 0.390 e. The number of rotatable bonds is 5. The minimum absolute atomic E-state index is 0. The minimum Gasteiger partial charge on any atom is -0.378 e. The van der Waals surface area contributed by atoms with Crippen LogP contribution in [0.1, 0.15) is 45.4 Å². The lowest BCUT2D eigenvalue weighted by atomic mass is 9.60. The first kappa shape index (κ1) is 20.8. The van der Waals surface area contributed by atoms with E-state index in [0.717, 1.165) is 19.3 Å². The maximum absolute atomic E-state index is 12.2. The lowest BCUT2D eigenvalue weighted by Crippen LogP contribution is -2.65. The summed E-state index contributed by atoms with van der Waals surface area (Å²) in [5.74, 6) is 0.454. The molecule has 2 aliphatic rings. The summed E-state index contributed by atoms with van der Waals surface area (Å²) < 4.78 is 42.5. The predicted octanol–water partition coefficient (Wildman–Crippen LogP) is 3.46. The molecule has 2 unspecified atom stereocenters. The molecule has 0 aliphatic heterocycles. The van der Waals surface area contributed by atoms with E-state index in [1.807, 2.05) is 6.92 Å². The quantitative estimate of drug-likeness (QED) is 0.384. The van der Waals surface area contributed by atoms with Gasteiger partial charge < -0.3 is 15.4 Å². The van der Waals surface area contributed by atoms with Gasteiger partial charge in [-0.2, -0.15) is 13.2 Å². The van der Waals surface area contributed by atoms with Crippen LogP contribution in [0.5, 0.6) is 0 Å². The van der Waals surface area contributed by atoms with Crippen LogP contribution in [0.3, 0.4) is 0 Å². The van der Waals surface area contributed by atoms with Crippen LogP contribution in [-0.4, -0.2) is 44.5 Å². The molecular weight excluding hydrogens is 422 g/mol. The number of hydrogen-bond acceptors (Lipinski definition) is 2. The standard InChI is InChI=1S/C15H26F3N3O.HI/c1-3-22-12-10-11(14(12)6-4-5-7-14)21-13(19-2)20-9-8-15(16,17)18;/h11-12H,3-10H2,1-2H3,(H2,19,20,21);1H. The molecule has 2 rings (SSSR count). The topological polar surface area (TPSA) is 45.6 Å². The van der Waals surface area contributed by atoms with Gasteiger partial charge in [-0.3, -0.25) is 4.99 Å². The third-order valence-electron chi connectivity index (χ3n) is 4.92. The first-order valence-electron chi connectivity index (χ1n) is 8.07. The zero-order chi connectivity index (χ0) is 16.2. The second kappa shape index (κ2) is 8.73. The molecule has 0 bridgehead atoms. The number of nitrogens with one attached hydrogen (secondary N) is 2. The van der Waals surface area contributed by atoms with E-state index in [1.165, 1.54) is 12.8 Å². The average Bonchev–Trinajstić information content (AvgIpc) is 2.95. The van der Waals surface area contributed by atoms with Crippen molar-refractivity contribution >= 4 is 29.9 Å². The van der Waals surface area contributed by atoms with E-state index in [9.17, 15) is 13.2 Å². The van der Waals surface area contributed by atoms with Gasteiger partial charge in [0.2, 0.25) is 0 Å². The summed E-state index contributed by atoms with van der Waals surface area (Å²) in [5, 5.41) is 6.06. The van der Waals surface area contributed by atoms with Crippen molar-refractivity contribution in [2.75, 3.05) is 20.2 Å². The van der Waals surface area contributed by atoms with Gasteiger partial charge in [0.1, 0.15) is 0 Å². The highest BCUT2D eigenvalue weighted by atomic mass is 127. The van der Waals surface area contributed by atoms with Gasteiger partial charge >= 0.3 is 6.18 Å². The van der Waals surface area contributed by atoms with E-state index in [4.69, 9.17) is 4.74 Å². The van der Waals surface area contributed by atoms with Crippen LogP contribution in [0.2, 0.25) is 0 Å². The van der Waals surface area contributed by atoms with Crippen molar-refractivity contribution in [2.45, 2.75) is 63.8 Å². The number of aliphatic imine (C=N–C) groups is 1. The van der Waals surface area contributed by atoms with Crippen molar-refractivity contribution in [3.8, 4) is 0 Å². The Balaban J connectivity index is 0.00000264. The highest BCUT2D eigenvalue weighted by molar-refractivity contribution is 14.0. The van der Waals surface area contributed by atoms with Gasteiger partial charge in [0.15, 0.2) is 5.96 Å². The highest BCUT2D eigenvalue weighted by Gasteiger charge is 2.56. The Labute approximate surface area is 153 Å². The molecule has 0 radical (unpaired) electrons. The molecule has 0 saturated heterocycles. The molecule has 2 aliphatic carbocycles. The molecule has 0 heterocycles. The van der Waals surface area contributed by atoms with E-state index in [1.54, 1.807) is 7.05 Å². The number of nitrogens with zero attached hydrogens (tertiary/aromatic N) is 1. The van der Waals surface area contributed by atoms with Crippen LogP contribution in [0.25, 0.3) is 0 Å². The molecule has 2 atom stereocenters. The normalized spacial score (nSPS) is 26.6. The molecule has 1 spiro atoms. The van der Waals surface area contributed by atoms with E-state index in [-0.39, 0.29) is 48.1 Å². The summed E-state index contributed by atoms with van der Waals surface area (Å²) in [5.41, 5.74) is 0.137. The van der Waals surface area contributed by atoms with Crippen molar-refractivity contribution < 1.29 is 17.9 Å². The van der Waals surface area contributed by atoms with Crippen molar-refractivity contribution in [2.24, 2.45) is 10.4 Å². The van der Waals surface area contributed by atoms with E-state index >= 15 is 0 Å². The molecule has 0 amide bonds. The van der Waals surface area contributed by atoms with Crippen LogP contribution in [0.15, 0.2) is 4.99 Å². The third-order valence-corrected chi connectivity index (χ3v) is 4.92. The van der Waals surface area contributed by atoms with Gasteiger partial charge in [-0.05, 0) is 26.2 Å². The molecule has 0 aromatic rings. The monoisotopic (exact) mass is 449 g/mol. The molecule has 136 valence electrons. The Bertz CT molecular complexity index is 398. The van der Waals surface area contributed by atoms with Gasteiger partial charge in [0.25, 0.3) is 0 Å². The van der Waals surface area contributed by atoms with Crippen molar-refractivity contribution in [1.82, 2.24) is 10.6 Å². The molecule has 8 heteroatoms. The zero-order valence-electron chi connectivity index (χ0n) is 13.7.